The maximum absolute atomic E-state index is 9.49. The molecule has 36 heavy (non-hydrogen) atoms. The summed E-state index contributed by atoms with van der Waals surface area (Å²) in [6.07, 6.45) is 6.59. The molecule has 4 aliphatic heterocycles. The van der Waals surface area contributed by atoms with Gasteiger partial charge in [-0.1, -0.05) is 19.1 Å². The lowest BCUT2D eigenvalue weighted by Crippen LogP contribution is -2.60. The molecule has 3 aromatic rings. The number of aromatic nitrogens is 4. The van der Waals surface area contributed by atoms with Crippen molar-refractivity contribution in [3.8, 4) is 5.75 Å². The molecule has 9 heteroatoms. The summed E-state index contributed by atoms with van der Waals surface area (Å²) in [5, 5.41) is 19.6. The maximum Gasteiger partial charge on any atom is 0.141 e. The average Bonchev–Trinajstić information content (AvgIpc) is 3.61. The van der Waals surface area contributed by atoms with Crippen LogP contribution in [0.3, 0.4) is 0 Å². The third kappa shape index (κ3) is 3.72. The maximum atomic E-state index is 9.49. The minimum Gasteiger partial charge on any atom is -0.484 e. The molecule has 3 saturated heterocycles. The molecular weight excluding hydrogens is 458 g/mol. The Labute approximate surface area is 211 Å². The van der Waals surface area contributed by atoms with Crippen molar-refractivity contribution in [3.05, 3.63) is 47.4 Å². The lowest BCUT2D eigenvalue weighted by Gasteiger charge is -2.50. The number of rotatable bonds is 5. The standard InChI is InChI=1S/C25H29N5O4.C2H6/c1-16(34-18-2-3-22-21(6-18)20-4-5-32-11-17(20)7-26-22)23-9-30(28-27-23)24-12-25(13-24)15-33-19(10-31)8-29(25)14-24;1-2/h2-3,6-7,9,16,19,31H,4-5,8,10-15H2,1H3;1-2H3. The smallest absolute Gasteiger partial charge is 0.141 e. The van der Waals surface area contributed by atoms with E-state index in [4.69, 9.17) is 14.2 Å². The Morgan fingerprint density at radius 2 is 2.11 bits per heavy atom. The number of benzene rings is 1. The molecule has 4 fully saturated rings. The van der Waals surface area contributed by atoms with Crippen molar-refractivity contribution in [3.63, 3.8) is 0 Å². The Morgan fingerprint density at radius 1 is 1.25 bits per heavy atom. The first-order valence-electron chi connectivity index (χ1n) is 13.1. The van der Waals surface area contributed by atoms with Gasteiger partial charge in [0.15, 0.2) is 0 Å². The third-order valence-electron chi connectivity index (χ3n) is 8.21. The Morgan fingerprint density at radius 3 is 2.94 bits per heavy atom. The van der Waals surface area contributed by atoms with Gasteiger partial charge in [0.1, 0.15) is 17.5 Å². The minimum atomic E-state index is -0.224. The number of nitrogens with zero attached hydrogens (tertiary/aromatic N) is 5. The van der Waals surface area contributed by atoms with Gasteiger partial charge in [-0.15, -0.1) is 5.10 Å². The first kappa shape index (κ1) is 23.8. The van der Waals surface area contributed by atoms with E-state index < -0.39 is 0 Å². The number of hydrogen-bond donors (Lipinski definition) is 1. The van der Waals surface area contributed by atoms with Crippen molar-refractivity contribution in [2.75, 3.05) is 32.9 Å². The van der Waals surface area contributed by atoms with Gasteiger partial charge in [-0.3, -0.25) is 9.88 Å². The van der Waals surface area contributed by atoms with Gasteiger partial charge >= 0.3 is 0 Å². The SMILES string of the molecule is CC.CC(Oc1ccc2ncc3c(c2c1)CCOC3)c1cn(C23CN4CC(CO)OCC4(C2)C3)nn1. The predicted octanol–water partition coefficient (Wildman–Crippen LogP) is 3.00. The zero-order chi connectivity index (χ0) is 24.9. The van der Waals surface area contributed by atoms with E-state index in [-0.39, 0.29) is 29.9 Å². The zero-order valence-electron chi connectivity index (χ0n) is 21.3. The second-order valence-electron chi connectivity index (χ2n) is 10.4. The van der Waals surface area contributed by atoms with Gasteiger partial charge in [0, 0.05) is 30.2 Å². The fourth-order valence-corrected chi connectivity index (χ4v) is 6.48. The summed E-state index contributed by atoms with van der Waals surface area (Å²) in [5.74, 6) is 0.808. The topological polar surface area (TPSA) is 94.8 Å². The molecule has 2 unspecified atom stereocenters. The van der Waals surface area contributed by atoms with E-state index in [1.54, 1.807) is 0 Å². The van der Waals surface area contributed by atoms with Crippen molar-refractivity contribution < 1.29 is 19.3 Å². The molecule has 2 bridgehead atoms. The number of fused-ring (bicyclic) bond motifs is 3. The average molecular weight is 494 g/mol. The fraction of sp³-hybridized carbons (Fsp3) is 0.593. The summed E-state index contributed by atoms with van der Waals surface area (Å²) >= 11 is 0. The van der Waals surface area contributed by atoms with E-state index in [2.05, 4.69) is 26.3 Å². The van der Waals surface area contributed by atoms with E-state index in [0.29, 0.717) is 13.2 Å². The molecule has 2 atom stereocenters. The van der Waals surface area contributed by atoms with Gasteiger partial charge in [-0.25, -0.2) is 4.68 Å². The summed E-state index contributed by atoms with van der Waals surface area (Å²) < 4.78 is 19.8. The third-order valence-corrected chi connectivity index (χ3v) is 8.21. The molecule has 5 aliphatic rings. The van der Waals surface area contributed by atoms with Crippen LogP contribution in [0.2, 0.25) is 0 Å². The van der Waals surface area contributed by atoms with Crippen molar-refractivity contribution in [2.45, 2.75) is 69.9 Å². The fourth-order valence-electron chi connectivity index (χ4n) is 6.48. The highest BCUT2D eigenvalue weighted by molar-refractivity contribution is 5.84. The van der Waals surface area contributed by atoms with Crippen LogP contribution < -0.4 is 4.74 Å². The molecule has 1 aromatic carbocycles. The van der Waals surface area contributed by atoms with Crippen molar-refractivity contribution >= 4 is 10.9 Å². The summed E-state index contributed by atoms with van der Waals surface area (Å²) in [6.45, 7) is 9.85. The monoisotopic (exact) mass is 493 g/mol. The molecule has 9 nitrogen and oxygen atoms in total. The van der Waals surface area contributed by atoms with E-state index in [9.17, 15) is 5.11 Å². The number of pyridine rings is 1. The summed E-state index contributed by atoms with van der Waals surface area (Å²) in [7, 11) is 0. The highest BCUT2D eigenvalue weighted by Crippen LogP contribution is 2.58. The molecule has 1 N–H and O–H groups in total. The molecule has 1 aliphatic carbocycles. The molecule has 1 spiro atoms. The van der Waals surface area contributed by atoms with Crippen LogP contribution >= 0.6 is 0 Å². The first-order chi connectivity index (χ1) is 17.6. The highest BCUT2D eigenvalue weighted by Gasteiger charge is 2.68. The number of morpholine rings is 1. The van der Waals surface area contributed by atoms with E-state index in [1.807, 2.05) is 50.0 Å². The Bertz CT molecular complexity index is 1250. The normalized spacial score (nSPS) is 29.5. The van der Waals surface area contributed by atoms with Crippen LogP contribution in [0.1, 0.15) is 56.5 Å². The number of ether oxygens (including phenoxy) is 3. The molecule has 2 aromatic heterocycles. The van der Waals surface area contributed by atoms with Gasteiger partial charge in [-0.05, 0) is 55.5 Å². The molecule has 0 amide bonds. The Kier molecular flexibility index (Phi) is 5.99. The van der Waals surface area contributed by atoms with Gasteiger partial charge in [0.05, 0.1) is 49.8 Å². The van der Waals surface area contributed by atoms with Crippen molar-refractivity contribution in [1.29, 1.82) is 0 Å². The van der Waals surface area contributed by atoms with Crippen LogP contribution in [0.25, 0.3) is 10.9 Å². The number of aliphatic hydroxyl groups excluding tert-OH is 1. The summed E-state index contributed by atoms with van der Waals surface area (Å²) in [6, 6.07) is 6.09. The number of hydrogen-bond acceptors (Lipinski definition) is 8. The highest BCUT2D eigenvalue weighted by atomic mass is 16.5. The van der Waals surface area contributed by atoms with Gasteiger partial charge in [-0.2, -0.15) is 0 Å². The van der Waals surface area contributed by atoms with E-state index >= 15 is 0 Å². The molecule has 0 radical (unpaired) electrons. The Hall–Kier alpha value is -2.59. The van der Waals surface area contributed by atoms with E-state index in [0.717, 1.165) is 66.9 Å². The number of aliphatic hydroxyl groups is 1. The predicted molar refractivity (Wildman–Crippen MR) is 134 cm³/mol. The zero-order valence-corrected chi connectivity index (χ0v) is 21.3. The second kappa shape index (κ2) is 9.06. The summed E-state index contributed by atoms with van der Waals surface area (Å²) in [4.78, 5) is 7.06. The van der Waals surface area contributed by atoms with Gasteiger partial charge < -0.3 is 19.3 Å². The molecule has 1 saturated carbocycles. The van der Waals surface area contributed by atoms with Crippen LogP contribution in [0.5, 0.6) is 5.75 Å². The van der Waals surface area contributed by atoms with Crippen molar-refractivity contribution in [2.24, 2.45) is 0 Å². The van der Waals surface area contributed by atoms with Crippen molar-refractivity contribution in [1.82, 2.24) is 24.9 Å². The van der Waals surface area contributed by atoms with Crippen LogP contribution in [-0.2, 0) is 28.0 Å². The van der Waals surface area contributed by atoms with E-state index in [1.165, 1.54) is 5.56 Å². The molecule has 192 valence electrons. The largest absolute Gasteiger partial charge is 0.484 e. The van der Waals surface area contributed by atoms with Crippen LogP contribution in [-0.4, -0.2) is 74.5 Å². The molecule has 8 rings (SSSR count). The quantitative estimate of drug-likeness (QED) is 0.580. The van der Waals surface area contributed by atoms with Crippen LogP contribution in [0.15, 0.2) is 30.6 Å². The van der Waals surface area contributed by atoms with Gasteiger partial charge in [0.25, 0.3) is 0 Å². The van der Waals surface area contributed by atoms with Crippen LogP contribution in [0.4, 0.5) is 0 Å². The Balaban J connectivity index is 0.00000117. The van der Waals surface area contributed by atoms with Gasteiger partial charge in [0.2, 0.25) is 0 Å². The lowest BCUT2D eigenvalue weighted by molar-refractivity contribution is -0.123. The van der Waals surface area contributed by atoms with Crippen LogP contribution in [0, 0.1) is 0 Å². The molecule has 6 heterocycles. The first-order valence-corrected chi connectivity index (χ1v) is 13.1. The second-order valence-corrected chi connectivity index (χ2v) is 10.4. The lowest BCUT2D eigenvalue weighted by atomic mass is 9.67. The minimum absolute atomic E-state index is 0.0333. The molecular formula is C27H35N5O4. The summed E-state index contributed by atoms with van der Waals surface area (Å²) in [5.41, 5.74) is 4.34.